The Labute approximate surface area is 152 Å². The summed E-state index contributed by atoms with van der Waals surface area (Å²) in [4.78, 5) is 40.0. The summed E-state index contributed by atoms with van der Waals surface area (Å²) in [5, 5.41) is 2.84. The average molecular weight is 361 g/mol. The zero-order chi connectivity index (χ0) is 18.7. The standard InChI is InChI=1S/C19H24FN3O3/c1-2-22(15-9-7-14(20)8-10-15)16(24)6-5-13-23-17(25)19(21-18(23)26)11-3-4-12-19/h7-10H,2-6,11-13H2,1H3,(H,21,26). The first-order valence-electron chi connectivity index (χ1n) is 9.17. The Balaban J connectivity index is 1.55. The summed E-state index contributed by atoms with van der Waals surface area (Å²) < 4.78 is 13.1. The van der Waals surface area contributed by atoms with Gasteiger partial charge in [0.2, 0.25) is 5.91 Å². The summed E-state index contributed by atoms with van der Waals surface area (Å²) in [6.45, 7) is 2.55. The monoisotopic (exact) mass is 361 g/mol. The van der Waals surface area contributed by atoms with Crippen LogP contribution in [0.25, 0.3) is 0 Å². The quantitative estimate of drug-likeness (QED) is 0.792. The number of imide groups is 1. The molecule has 3 rings (SSSR count). The summed E-state index contributed by atoms with van der Waals surface area (Å²) in [5.74, 6) is -0.614. The van der Waals surface area contributed by atoms with Crippen molar-refractivity contribution in [3.05, 3.63) is 30.1 Å². The number of hydrogen-bond acceptors (Lipinski definition) is 3. The maximum atomic E-state index is 13.1. The minimum Gasteiger partial charge on any atom is -0.323 e. The van der Waals surface area contributed by atoms with Crippen molar-refractivity contribution in [3.8, 4) is 0 Å². The van der Waals surface area contributed by atoms with Crippen molar-refractivity contribution in [2.45, 2.75) is 51.0 Å². The summed E-state index contributed by atoms with van der Waals surface area (Å²) in [7, 11) is 0. The van der Waals surface area contributed by atoms with Crippen LogP contribution in [0.15, 0.2) is 24.3 Å². The van der Waals surface area contributed by atoms with Crippen LogP contribution in [0.5, 0.6) is 0 Å². The average Bonchev–Trinajstić information content (AvgIpc) is 3.18. The number of carbonyl (C=O) groups is 3. The van der Waals surface area contributed by atoms with E-state index < -0.39 is 5.54 Å². The lowest BCUT2D eigenvalue weighted by Gasteiger charge is -2.22. The molecule has 1 aliphatic carbocycles. The number of nitrogens with zero attached hydrogens (tertiary/aromatic N) is 2. The largest absolute Gasteiger partial charge is 0.325 e. The second-order valence-electron chi connectivity index (χ2n) is 6.89. The molecule has 0 aromatic heterocycles. The van der Waals surface area contributed by atoms with Crippen LogP contribution in [0.3, 0.4) is 0 Å². The van der Waals surface area contributed by atoms with Gasteiger partial charge in [0.15, 0.2) is 0 Å². The summed E-state index contributed by atoms with van der Waals surface area (Å²) in [6.07, 6.45) is 3.91. The van der Waals surface area contributed by atoms with Crippen LogP contribution in [-0.4, -0.2) is 41.4 Å². The maximum absolute atomic E-state index is 13.1. The molecule has 1 aliphatic heterocycles. The summed E-state index contributed by atoms with van der Waals surface area (Å²) in [6, 6.07) is 5.42. The van der Waals surface area contributed by atoms with Crippen LogP contribution < -0.4 is 10.2 Å². The molecule has 1 aromatic carbocycles. The van der Waals surface area contributed by atoms with Gasteiger partial charge < -0.3 is 10.2 Å². The Hall–Kier alpha value is -2.44. The third-order valence-corrected chi connectivity index (χ3v) is 5.23. The van der Waals surface area contributed by atoms with Crippen molar-refractivity contribution in [2.75, 3.05) is 18.0 Å². The Bertz CT molecular complexity index is 698. The van der Waals surface area contributed by atoms with Gasteiger partial charge in [0.05, 0.1) is 0 Å². The lowest BCUT2D eigenvalue weighted by atomic mass is 9.98. The molecule has 7 heteroatoms. The molecule has 0 atom stereocenters. The van der Waals surface area contributed by atoms with E-state index in [1.54, 1.807) is 17.0 Å². The number of nitrogens with one attached hydrogen (secondary N) is 1. The zero-order valence-corrected chi connectivity index (χ0v) is 15.0. The van der Waals surface area contributed by atoms with E-state index in [-0.39, 0.29) is 36.6 Å². The number of benzene rings is 1. The van der Waals surface area contributed by atoms with E-state index in [1.807, 2.05) is 6.92 Å². The minimum absolute atomic E-state index is 0.109. The number of anilines is 1. The highest BCUT2D eigenvalue weighted by Gasteiger charge is 2.52. The van der Waals surface area contributed by atoms with Crippen LogP contribution in [0, 0.1) is 5.82 Å². The Morgan fingerprint density at radius 2 is 1.88 bits per heavy atom. The van der Waals surface area contributed by atoms with Crippen molar-refractivity contribution >= 4 is 23.5 Å². The minimum atomic E-state index is -0.704. The van der Waals surface area contributed by atoms with Crippen molar-refractivity contribution in [1.29, 1.82) is 0 Å². The highest BCUT2D eigenvalue weighted by atomic mass is 19.1. The fourth-order valence-corrected chi connectivity index (χ4v) is 3.84. The number of carbonyl (C=O) groups excluding carboxylic acids is 3. The molecule has 140 valence electrons. The van der Waals surface area contributed by atoms with E-state index in [2.05, 4.69) is 5.32 Å². The van der Waals surface area contributed by atoms with Crippen LogP contribution in [0.4, 0.5) is 14.9 Å². The SMILES string of the molecule is CCN(C(=O)CCCN1C(=O)NC2(CCCC2)C1=O)c1ccc(F)cc1. The van der Waals surface area contributed by atoms with Crippen LogP contribution >= 0.6 is 0 Å². The normalized spacial score (nSPS) is 18.5. The molecule has 0 unspecified atom stereocenters. The highest BCUT2D eigenvalue weighted by molar-refractivity contribution is 6.07. The second-order valence-corrected chi connectivity index (χ2v) is 6.89. The van der Waals surface area contributed by atoms with Gasteiger partial charge in [0.1, 0.15) is 11.4 Å². The van der Waals surface area contributed by atoms with Gasteiger partial charge >= 0.3 is 6.03 Å². The maximum Gasteiger partial charge on any atom is 0.325 e. The van der Waals surface area contributed by atoms with Gasteiger partial charge in [-0.25, -0.2) is 9.18 Å². The molecule has 4 amide bonds. The molecule has 1 spiro atoms. The van der Waals surface area contributed by atoms with Gasteiger partial charge in [-0.2, -0.15) is 0 Å². The van der Waals surface area contributed by atoms with Gasteiger partial charge in [-0.1, -0.05) is 12.8 Å². The molecule has 1 saturated heterocycles. The predicted molar refractivity (Wildman–Crippen MR) is 95.1 cm³/mol. The van der Waals surface area contributed by atoms with E-state index in [1.165, 1.54) is 17.0 Å². The van der Waals surface area contributed by atoms with Crippen molar-refractivity contribution in [1.82, 2.24) is 10.2 Å². The van der Waals surface area contributed by atoms with E-state index in [0.29, 0.717) is 31.5 Å². The number of rotatable bonds is 6. The lowest BCUT2D eigenvalue weighted by molar-refractivity contribution is -0.131. The molecule has 0 radical (unpaired) electrons. The third kappa shape index (κ3) is 3.43. The Kier molecular flexibility index (Phi) is 5.25. The molecule has 1 saturated carbocycles. The first kappa shape index (κ1) is 18.4. The lowest BCUT2D eigenvalue weighted by Crippen LogP contribution is -2.44. The Morgan fingerprint density at radius 1 is 1.23 bits per heavy atom. The van der Waals surface area contributed by atoms with E-state index in [4.69, 9.17) is 0 Å². The first-order chi connectivity index (χ1) is 12.5. The van der Waals surface area contributed by atoms with Crippen molar-refractivity contribution in [2.24, 2.45) is 0 Å². The summed E-state index contributed by atoms with van der Waals surface area (Å²) in [5.41, 5.74) is -0.0659. The first-order valence-corrected chi connectivity index (χ1v) is 9.17. The molecule has 1 N–H and O–H groups in total. The topological polar surface area (TPSA) is 69.7 Å². The van der Waals surface area contributed by atoms with Crippen molar-refractivity contribution < 1.29 is 18.8 Å². The van der Waals surface area contributed by atoms with Crippen LogP contribution in [-0.2, 0) is 9.59 Å². The smallest absolute Gasteiger partial charge is 0.323 e. The fraction of sp³-hybridized carbons (Fsp3) is 0.526. The van der Waals surface area contributed by atoms with Gasteiger partial charge in [-0.3, -0.25) is 14.5 Å². The van der Waals surface area contributed by atoms with Gasteiger partial charge in [-0.15, -0.1) is 0 Å². The number of halogens is 1. The third-order valence-electron chi connectivity index (χ3n) is 5.23. The van der Waals surface area contributed by atoms with Crippen LogP contribution in [0.2, 0.25) is 0 Å². The van der Waals surface area contributed by atoms with Crippen molar-refractivity contribution in [3.63, 3.8) is 0 Å². The van der Waals surface area contributed by atoms with E-state index in [0.717, 1.165) is 12.8 Å². The number of hydrogen-bond donors (Lipinski definition) is 1. The molecule has 2 fully saturated rings. The van der Waals surface area contributed by atoms with E-state index in [9.17, 15) is 18.8 Å². The molecule has 2 aliphatic rings. The molecular weight excluding hydrogens is 337 g/mol. The molecular formula is C19H24FN3O3. The Morgan fingerprint density at radius 3 is 2.50 bits per heavy atom. The van der Waals surface area contributed by atoms with Gasteiger partial charge in [0, 0.05) is 25.2 Å². The summed E-state index contributed by atoms with van der Waals surface area (Å²) >= 11 is 0. The molecule has 6 nitrogen and oxygen atoms in total. The van der Waals surface area contributed by atoms with E-state index >= 15 is 0 Å². The zero-order valence-electron chi connectivity index (χ0n) is 15.0. The number of amides is 4. The molecule has 1 aromatic rings. The molecule has 0 bridgehead atoms. The second kappa shape index (κ2) is 7.43. The van der Waals surface area contributed by atoms with Gasteiger partial charge in [-0.05, 0) is 50.5 Å². The fourth-order valence-electron chi connectivity index (χ4n) is 3.84. The molecule has 1 heterocycles. The number of urea groups is 1. The predicted octanol–water partition coefficient (Wildman–Crippen LogP) is 2.82. The molecule has 26 heavy (non-hydrogen) atoms. The van der Waals surface area contributed by atoms with Crippen LogP contribution in [0.1, 0.15) is 45.4 Å². The van der Waals surface area contributed by atoms with Gasteiger partial charge in [0.25, 0.3) is 5.91 Å². The highest BCUT2D eigenvalue weighted by Crippen LogP contribution is 2.35.